The lowest BCUT2D eigenvalue weighted by Crippen LogP contribution is -2.31. The summed E-state index contributed by atoms with van der Waals surface area (Å²) in [4.78, 5) is 2.17. The molecule has 2 aromatic rings. The quantitative estimate of drug-likeness (QED) is 0.850. The average molecular weight is 263 g/mol. The average Bonchev–Trinajstić information content (AvgIpc) is 2.79. The predicted octanol–water partition coefficient (Wildman–Crippen LogP) is 2.20. The van der Waals surface area contributed by atoms with Crippen LogP contribution in [0.2, 0.25) is 0 Å². The van der Waals surface area contributed by atoms with E-state index in [1.807, 2.05) is 17.8 Å². The first-order valence-electron chi connectivity index (χ1n) is 6.65. The van der Waals surface area contributed by atoms with Gasteiger partial charge in [0, 0.05) is 6.54 Å². The first kappa shape index (κ1) is 12.6. The van der Waals surface area contributed by atoms with Crippen molar-refractivity contribution >= 4 is 10.9 Å². The molecule has 1 aromatic carbocycles. The van der Waals surface area contributed by atoms with Crippen molar-refractivity contribution in [3.8, 4) is 0 Å². The largest absolute Gasteiger partial charge is 0.369 e. The molecule has 0 unspecified atom stereocenters. The minimum Gasteiger partial charge on any atom is -0.369 e. The first-order chi connectivity index (χ1) is 9.20. The Kier molecular flexibility index (Phi) is 3.24. The maximum atomic E-state index is 14.1. The molecule has 0 spiro atoms. The van der Waals surface area contributed by atoms with E-state index in [2.05, 4.69) is 16.9 Å². The smallest absolute Gasteiger partial charge is 0.134 e. The van der Waals surface area contributed by atoms with Gasteiger partial charge in [-0.3, -0.25) is 4.68 Å². The summed E-state index contributed by atoms with van der Waals surface area (Å²) < 4.78 is 21.8. The molecule has 5 heteroatoms. The van der Waals surface area contributed by atoms with Crippen molar-refractivity contribution < 1.29 is 9.13 Å². The summed E-state index contributed by atoms with van der Waals surface area (Å²) in [6.45, 7) is 5.11. The number of benzene rings is 1. The predicted molar refractivity (Wildman–Crippen MR) is 71.6 cm³/mol. The van der Waals surface area contributed by atoms with E-state index >= 15 is 0 Å². The molecule has 0 saturated carbocycles. The van der Waals surface area contributed by atoms with E-state index in [9.17, 15) is 4.39 Å². The summed E-state index contributed by atoms with van der Waals surface area (Å²) in [5.41, 5.74) is 1.59. The molecular formula is C14H18FN3O. The lowest BCUT2D eigenvalue weighted by molar-refractivity contribution is 0.000445. The van der Waals surface area contributed by atoms with Crippen LogP contribution in [0.25, 0.3) is 10.9 Å². The number of halogens is 1. The maximum absolute atomic E-state index is 14.1. The van der Waals surface area contributed by atoms with Gasteiger partial charge in [-0.2, -0.15) is 5.10 Å². The molecule has 1 aliphatic rings. The van der Waals surface area contributed by atoms with Crippen molar-refractivity contribution in [3.05, 3.63) is 29.7 Å². The van der Waals surface area contributed by atoms with Gasteiger partial charge in [-0.25, -0.2) is 4.39 Å². The lowest BCUT2D eigenvalue weighted by atomic mass is 10.1. The van der Waals surface area contributed by atoms with Crippen molar-refractivity contribution in [1.82, 2.24) is 14.7 Å². The van der Waals surface area contributed by atoms with Gasteiger partial charge in [0.05, 0.1) is 29.7 Å². The molecule has 0 radical (unpaired) electrons. The highest BCUT2D eigenvalue weighted by Gasteiger charge is 2.27. The standard InChI is InChI=1S/C14H18FN3O/c1-3-17(2)9-12-14-13-10(15)5-4-6-11(13)16-18(14)7-8-19-12/h4-6,12H,3,7-9H2,1-2H3/t12-/m0/s1. The molecule has 19 heavy (non-hydrogen) atoms. The molecule has 1 atom stereocenters. The summed E-state index contributed by atoms with van der Waals surface area (Å²) in [5, 5.41) is 5.08. The molecule has 0 aliphatic carbocycles. The Morgan fingerprint density at radius 2 is 2.37 bits per heavy atom. The molecule has 3 rings (SSSR count). The Labute approximate surface area is 111 Å². The Morgan fingerprint density at radius 1 is 1.53 bits per heavy atom. The number of likely N-dealkylation sites (N-methyl/N-ethyl adjacent to an activating group) is 1. The zero-order valence-electron chi connectivity index (χ0n) is 11.3. The zero-order chi connectivity index (χ0) is 13.4. The Hall–Kier alpha value is -1.46. The highest BCUT2D eigenvalue weighted by atomic mass is 19.1. The van der Waals surface area contributed by atoms with E-state index in [-0.39, 0.29) is 11.9 Å². The second-order valence-electron chi connectivity index (χ2n) is 4.96. The van der Waals surface area contributed by atoms with E-state index in [1.165, 1.54) is 6.07 Å². The van der Waals surface area contributed by atoms with Crippen LogP contribution in [-0.4, -0.2) is 41.4 Å². The normalized spacial score (nSPS) is 19.1. The molecule has 2 heterocycles. The fourth-order valence-electron chi connectivity index (χ4n) is 2.57. The van der Waals surface area contributed by atoms with E-state index in [0.717, 1.165) is 18.8 Å². The van der Waals surface area contributed by atoms with Gasteiger partial charge in [0.15, 0.2) is 0 Å². The molecule has 0 bridgehead atoms. The van der Waals surface area contributed by atoms with Crippen molar-refractivity contribution in [1.29, 1.82) is 0 Å². The van der Waals surface area contributed by atoms with Gasteiger partial charge < -0.3 is 9.64 Å². The van der Waals surface area contributed by atoms with Crippen LogP contribution in [0.15, 0.2) is 18.2 Å². The molecule has 0 saturated heterocycles. The summed E-state index contributed by atoms with van der Waals surface area (Å²) in [6, 6.07) is 5.04. The molecular weight excluding hydrogens is 245 g/mol. The maximum Gasteiger partial charge on any atom is 0.134 e. The van der Waals surface area contributed by atoms with Crippen LogP contribution in [0.4, 0.5) is 4.39 Å². The number of fused-ring (bicyclic) bond motifs is 3. The third kappa shape index (κ3) is 2.13. The zero-order valence-corrected chi connectivity index (χ0v) is 11.3. The van der Waals surface area contributed by atoms with Crippen molar-refractivity contribution in [2.24, 2.45) is 0 Å². The SMILES string of the molecule is CCN(C)C[C@@H]1OCCn2nc3cccc(F)c3c21. The van der Waals surface area contributed by atoms with Crippen molar-refractivity contribution in [3.63, 3.8) is 0 Å². The summed E-state index contributed by atoms with van der Waals surface area (Å²) in [7, 11) is 2.04. The van der Waals surface area contributed by atoms with Crippen molar-refractivity contribution in [2.45, 2.75) is 19.6 Å². The van der Waals surface area contributed by atoms with Gasteiger partial charge in [0.1, 0.15) is 11.9 Å². The number of aromatic nitrogens is 2. The number of hydrogen-bond acceptors (Lipinski definition) is 3. The minimum absolute atomic E-state index is 0.111. The summed E-state index contributed by atoms with van der Waals surface area (Å²) in [6.07, 6.45) is -0.111. The van der Waals surface area contributed by atoms with Crippen LogP contribution in [0.1, 0.15) is 18.7 Å². The highest BCUT2D eigenvalue weighted by molar-refractivity contribution is 5.82. The van der Waals surface area contributed by atoms with E-state index < -0.39 is 0 Å². The van der Waals surface area contributed by atoms with Gasteiger partial charge in [-0.05, 0) is 25.7 Å². The Morgan fingerprint density at radius 3 is 3.16 bits per heavy atom. The van der Waals surface area contributed by atoms with Gasteiger partial charge in [0.25, 0.3) is 0 Å². The Balaban J connectivity index is 2.09. The van der Waals surface area contributed by atoms with Gasteiger partial charge in [-0.1, -0.05) is 13.0 Å². The summed E-state index contributed by atoms with van der Waals surface area (Å²) in [5.74, 6) is -0.214. The van der Waals surface area contributed by atoms with Gasteiger partial charge in [0.2, 0.25) is 0 Å². The van der Waals surface area contributed by atoms with Crippen LogP contribution in [0.5, 0.6) is 0 Å². The molecule has 0 N–H and O–H groups in total. The summed E-state index contributed by atoms with van der Waals surface area (Å²) >= 11 is 0. The fourth-order valence-corrected chi connectivity index (χ4v) is 2.57. The number of nitrogens with zero attached hydrogens (tertiary/aromatic N) is 3. The first-order valence-corrected chi connectivity index (χ1v) is 6.65. The van der Waals surface area contributed by atoms with Crippen LogP contribution in [0.3, 0.4) is 0 Å². The Bertz CT molecular complexity index is 596. The molecule has 102 valence electrons. The van der Waals surface area contributed by atoms with E-state index in [4.69, 9.17) is 4.74 Å². The number of ether oxygens (including phenoxy) is 1. The van der Waals surface area contributed by atoms with Crippen LogP contribution in [0, 0.1) is 5.82 Å². The van der Waals surface area contributed by atoms with E-state index in [1.54, 1.807) is 6.07 Å². The second-order valence-corrected chi connectivity index (χ2v) is 4.96. The molecule has 4 nitrogen and oxygen atoms in total. The molecule has 1 aliphatic heterocycles. The van der Waals surface area contributed by atoms with Crippen LogP contribution >= 0.6 is 0 Å². The molecule has 0 amide bonds. The van der Waals surface area contributed by atoms with Gasteiger partial charge in [-0.15, -0.1) is 0 Å². The lowest BCUT2D eigenvalue weighted by Gasteiger charge is -2.28. The number of rotatable bonds is 3. The third-order valence-corrected chi connectivity index (χ3v) is 3.70. The monoisotopic (exact) mass is 263 g/mol. The third-order valence-electron chi connectivity index (χ3n) is 3.70. The fraction of sp³-hybridized carbons (Fsp3) is 0.500. The minimum atomic E-state index is -0.214. The van der Waals surface area contributed by atoms with E-state index in [0.29, 0.717) is 24.1 Å². The van der Waals surface area contributed by atoms with Gasteiger partial charge >= 0.3 is 0 Å². The van der Waals surface area contributed by atoms with Crippen LogP contribution < -0.4 is 0 Å². The van der Waals surface area contributed by atoms with Crippen molar-refractivity contribution in [2.75, 3.05) is 26.7 Å². The second kappa shape index (κ2) is 4.90. The molecule has 1 aromatic heterocycles. The van der Waals surface area contributed by atoms with Crippen LogP contribution in [-0.2, 0) is 11.3 Å². The molecule has 0 fully saturated rings. The topological polar surface area (TPSA) is 30.3 Å². The highest BCUT2D eigenvalue weighted by Crippen LogP contribution is 2.31. The number of hydrogen-bond donors (Lipinski definition) is 0.